The van der Waals surface area contributed by atoms with Crippen LogP contribution in [0.3, 0.4) is 0 Å². The van der Waals surface area contributed by atoms with Crippen LogP contribution in [0.4, 0.5) is 19.1 Å². The zero-order valence-electron chi connectivity index (χ0n) is 13.4. The van der Waals surface area contributed by atoms with Crippen LogP contribution in [0.2, 0.25) is 0 Å². The molecule has 2 rings (SSSR count). The summed E-state index contributed by atoms with van der Waals surface area (Å²) in [4.78, 5) is 23.7. The Morgan fingerprint density at radius 1 is 1.25 bits per heavy atom. The zero-order valence-corrected chi connectivity index (χ0v) is 13.4. The second kappa shape index (κ2) is 7.41. The van der Waals surface area contributed by atoms with Crippen molar-refractivity contribution in [2.24, 2.45) is 0 Å². The van der Waals surface area contributed by atoms with Crippen LogP contribution in [-0.2, 0) is 13.0 Å². The average Bonchev–Trinajstić information content (AvgIpc) is 2.47. The van der Waals surface area contributed by atoms with Crippen LogP contribution in [0.15, 0.2) is 23.1 Å². The minimum atomic E-state index is -4.21. The third kappa shape index (κ3) is 5.32. The lowest BCUT2D eigenvalue weighted by molar-refractivity contribution is -0.134. The predicted octanol–water partition coefficient (Wildman–Crippen LogP) is 2.26. The van der Waals surface area contributed by atoms with Crippen molar-refractivity contribution in [3.05, 3.63) is 45.9 Å². The number of rotatable bonds is 6. The van der Waals surface area contributed by atoms with Gasteiger partial charge >= 0.3 is 11.9 Å². The lowest BCUT2D eigenvalue weighted by atomic mass is 10.2. The van der Waals surface area contributed by atoms with Crippen molar-refractivity contribution in [2.75, 3.05) is 11.9 Å². The molecule has 24 heavy (non-hydrogen) atoms. The number of aromatic nitrogens is 4. The summed E-state index contributed by atoms with van der Waals surface area (Å²) in [6.45, 7) is 4.27. The van der Waals surface area contributed by atoms with Gasteiger partial charge in [0.25, 0.3) is 0 Å². The van der Waals surface area contributed by atoms with Gasteiger partial charge in [-0.1, -0.05) is 0 Å². The van der Waals surface area contributed by atoms with Crippen LogP contribution >= 0.6 is 0 Å². The minimum absolute atomic E-state index is 0.193. The first-order valence-electron chi connectivity index (χ1n) is 7.42. The SMILES string of the molecule is Cc1cc(C)n(CCNc2nccc(CCC(F)(F)F)n2)c(=O)n1. The van der Waals surface area contributed by atoms with E-state index in [1.165, 1.54) is 16.8 Å². The van der Waals surface area contributed by atoms with Gasteiger partial charge in [0.1, 0.15) is 0 Å². The third-order valence-electron chi connectivity index (χ3n) is 3.34. The van der Waals surface area contributed by atoms with Gasteiger partial charge in [0.2, 0.25) is 5.95 Å². The Balaban J connectivity index is 1.94. The molecule has 0 aliphatic heterocycles. The molecule has 0 bridgehead atoms. The molecule has 2 heterocycles. The quantitative estimate of drug-likeness (QED) is 0.872. The van der Waals surface area contributed by atoms with Crippen molar-refractivity contribution in [2.45, 2.75) is 39.4 Å². The highest BCUT2D eigenvalue weighted by Gasteiger charge is 2.26. The normalized spacial score (nSPS) is 11.5. The Hall–Kier alpha value is -2.45. The van der Waals surface area contributed by atoms with Gasteiger partial charge in [-0.3, -0.25) is 4.57 Å². The van der Waals surface area contributed by atoms with Crippen molar-refractivity contribution in [3.63, 3.8) is 0 Å². The van der Waals surface area contributed by atoms with E-state index in [-0.39, 0.29) is 18.1 Å². The first-order chi connectivity index (χ1) is 11.2. The fourth-order valence-electron chi connectivity index (χ4n) is 2.22. The van der Waals surface area contributed by atoms with E-state index in [9.17, 15) is 18.0 Å². The van der Waals surface area contributed by atoms with E-state index in [0.29, 0.717) is 24.5 Å². The van der Waals surface area contributed by atoms with Crippen LogP contribution in [-0.4, -0.2) is 32.2 Å². The number of aryl methyl sites for hydroxylation is 3. The smallest absolute Gasteiger partial charge is 0.352 e. The highest BCUT2D eigenvalue weighted by Crippen LogP contribution is 2.21. The minimum Gasteiger partial charge on any atom is -0.352 e. The lowest BCUT2D eigenvalue weighted by Gasteiger charge is -2.11. The molecule has 0 aliphatic rings. The van der Waals surface area contributed by atoms with E-state index in [4.69, 9.17) is 0 Å². The molecule has 0 unspecified atom stereocenters. The van der Waals surface area contributed by atoms with Crippen molar-refractivity contribution < 1.29 is 13.2 Å². The van der Waals surface area contributed by atoms with E-state index in [1.54, 1.807) is 13.0 Å². The molecule has 0 saturated heterocycles. The third-order valence-corrected chi connectivity index (χ3v) is 3.34. The summed E-state index contributed by atoms with van der Waals surface area (Å²) in [5.41, 5.74) is 1.42. The highest BCUT2D eigenvalue weighted by molar-refractivity contribution is 5.25. The van der Waals surface area contributed by atoms with E-state index in [2.05, 4.69) is 20.3 Å². The largest absolute Gasteiger partial charge is 0.389 e. The number of hydrogen-bond donors (Lipinski definition) is 1. The molecule has 130 valence electrons. The standard InChI is InChI=1S/C15H18F3N5O/c1-10-9-11(2)23(14(24)21-10)8-7-20-13-19-6-4-12(22-13)3-5-15(16,17)18/h4,6,9H,3,5,7-8H2,1-2H3,(H,19,20,22). The van der Waals surface area contributed by atoms with E-state index in [1.807, 2.05) is 6.92 Å². The Morgan fingerprint density at radius 2 is 2.00 bits per heavy atom. The molecular weight excluding hydrogens is 323 g/mol. The number of alkyl halides is 3. The molecule has 0 atom stereocenters. The number of nitrogens with one attached hydrogen (secondary N) is 1. The maximum absolute atomic E-state index is 12.2. The lowest BCUT2D eigenvalue weighted by Crippen LogP contribution is -2.28. The van der Waals surface area contributed by atoms with Crippen molar-refractivity contribution >= 4 is 5.95 Å². The van der Waals surface area contributed by atoms with Gasteiger partial charge in [-0.05, 0) is 32.4 Å². The van der Waals surface area contributed by atoms with Gasteiger partial charge in [-0.15, -0.1) is 0 Å². The molecule has 0 radical (unpaired) electrons. The zero-order chi connectivity index (χ0) is 17.7. The molecule has 0 aromatic carbocycles. The first-order valence-corrected chi connectivity index (χ1v) is 7.42. The summed E-state index contributed by atoms with van der Waals surface area (Å²) in [6, 6.07) is 3.26. The second-order valence-corrected chi connectivity index (χ2v) is 5.39. The summed E-state index contributed by atoms with van der Waals surface area (Å²) in [5.74, 6) is 0.237. The molecule has 6 nitrogen and oxygen atoms in total. The van der Waals surface area contributed by atoms with Crippen LogP contribution in [0, 0.1) is 13.8 Å². The maximum atomic E-state index is 12.2. The van der Waals surface area contributed by atoms with Gasteiger partial charge in [0.15, 0.2) is 0 Å². The average molecular weight is 341 g/mol. The van der Waals surface area contributed by atoms with Crippen molar-refractivity contribution in [1.29, 1.82) is 0 Å². The molecule has 2 aromatic heterocycles. The summed E-state index contributed by atoms with van der Waals surface area (Å²) >= 11 is 0. The molecule has 0 aliphatic carbocycles. The van der Waals surface area contributed by atoms with Crippen LogP contribution in [0.5, 0.6) is 0 Å². The highest BCUT2D eigenvalue weighted by atomic mass is 19.4. The first kappa shape index (κ1) is 17.9. The van der Waals surface area contributed by atoms with Crippen LogP contribution in [0.1, 0.15) is 23.5 Å². The molecule has 9 heteroatoms. The number of nitrogens with zero attached hydrogens (tertiary/aromatic N) is 4. The molecule has 1 N–H and O–H groups in total. The summed E-state index contributed by atoms with van der Waals surface area (Å²) in [6.07, 6.45) is -3.92. The van der Waals surface area contributed by atoms with E-state index < -0.39 is 12.6 Å². The van der Waals surface area contributed by atoms with E-state index in [0.717, 1.165) is 5.69 Å². The van der Waals surface area contributed by atoms with Gasteiger partial charge in [-0.25, -0.2) is 14.8 Å². The Morgan fingerprint density at radius 3 is 2.67 bits per heavy atom. The van der Waals surface area contributed by atoms with Gasteiger partial charge in [0.05, 0.1) is 0 Å². The topological polar surface area (TPSA) is 72.7 Å². The number of hydrogen-bond acceptors (Lipinski definition) is 5. The Bertz CT molecular complexity index is 758. The van der Waals surface area contributed by atoms with Gasteiger partial charge in [-0.2, -0.15) is 18.2 Å². The summed E-state index contributed by atoms with van der Waals surface area (Å²) < 4.78 is 38.2. The second-order valence-electron chi connectivity index (χ2n) is 5.39. The molecular formula is C15H18F3N5O. The van der Waals surface area contributed by atoms with Crippen LogP contribution < -0.4 is 11.0 Å². The fraction of sp³-hybridized carbons (Fsp3) is 0.467. The van der Waals surface area contributed by atoms with Gasteiger partial charge in [0, 0.05) is 42.8 Å². The molecule has 0 fully saturated rings. The monoisotopic (exact) mass is 341 g/mol. The Kier molecular flexibility index (Phi) is 5.53. The molecule has 0 spiro atoms. The number of halogens is 3. The summed E-state index contributed by atoms with van der Waals surface area (Å²) in [7, 11) is 0. The number of anilines is 1. The van der Waals surface area contributed by atoms with Gasteiger partial charge < -0.3 is 5.32 Å². The molecule has 2 aromatic rings. The van der Waals surface area contributed by atoms with E-state index >= 15 is 0 Å². The van der Waals surface area contributed by atoms with Crippen molar-refractivity contribution in [1.82, 2.24) is 19.5 Å². The predicted molar refractivity (Wildman–Crippen MR) is 82.9 cm³/mol. The Labute approximate surface area is 136 Å². The summed E-state index contributed by atoms with van der Waals surface area (Å²) in [5, 5.41) is 2.91. The molecule has 0 amide bonds. The fourth-order valence-corrected chi connectivity index (χ4v) is 2.22. The molecule has 0 saturated carbocycles. The maximum Gasteiger partial charge on any atom is 0.389 e. The van der Waals surface area contributed by atoms with Crippen LogP contribution in [0.25, 0.3) is 0 Å². The van der Waals surface area contributed by atoms with Crippen molar-refractivity contribution in [3.8, 4) is 0 Å².